The van der Waals surface area contributed by atoms with Gasteiger partial charge in [-0.2, -0.15) is 5.10 Å². The Morgan fingerprint density at radius 1 is 1.43 bits per heavy atom. The molecule has 14 heavy (non-hydrogen) atoms. The van der Waals surface area contributed by atoms with Crippen LogP contribution in [0.15, 0.2) is 12.4 Å². The first-order chi connectivity index (χ1) is 6.69. The van der Waals surface area contributed by atoms with Crippen molar-refractivity contribution in [3.05, 3.63) is 18.0 Å². The first kappa shape index (κ1) is 9.75. The predicted molar refractivity (Wildman–Crippen MR) is 58.4 cm³/mol. The zero-order valence-electron chi connectivity index (χ0n) is 9.45. The Hall–Kier alpha value is -0.790. The van der Waals surface area contributed by atoms with E-state index in [4.69, 9.17) is 0 Å². The second kappa shape index (κ2) is 3.41. The summed E-state index contributed by atoms with van der Waals surface area (Å²) in [5.74, 6) is 0. The van der Waals surface area contributed by atoms with Crippen LogP contribution in [0.25, 0.3) is 0 Å². The predicted octanol–water partition coefficient (Wildman–Crippen LogP) is 3.30. The molecule has 0 radical (unpaired) electrons. The normalized spacial score (nSPS) is 17.4. The van der Waals surface area contributed by atoms with Crippen LogP contribution in [0.5, 0.6) is 0 Å². The molecule has 0 atom stereocenters. The molecule has 1 aliphatic carbocycles. The molecule has 0 bridgehead atoms. The SMILES string of the molecule is CCC(C)(CC)c1cnn(C2CC2)c1. The highest BCUT2D eigenvalue weighted by Gasteiger charge is 2.28. The first-order valence-corrected chi connectivity index (χ1v) is 5.74. The van der Waals surface area contributed by atoms with Crippen molar-refractivity contribution in [1.29, 1.82) is 0 Å². The van der Waals surface area contributed by atoms with Crippen molar-refractivity contribution in [2.45, 2.75) is 57.9 Å². The van der Waals surface area contributed by atoms with Crippen LogP contribution in [0.4, 0.5) is 0 Å². The smallest absolute Gasteiger partial charge is 0.0527 e. The lowest BCUT2D eigenvalue weighted by Crippen LogP contribution is -2.18. The monoisotopic (exact) mass is 192 g/mol. The maximum Gasteiger partial charge on any atom is 0.0527 e. The molecule has 78 valence electrons. The van der Waals surface area contributed by atoms with E-state index in [9.17, 15) is 0 Å². The molecule has 0 aliphatic heterocycles. The topological polar surface area (TPSA) is 17.8 Å². The lowest BCUT2D eigenvalue weighted by Gasteiger charge is -2.24. The van der Waals surface area contributed by atoms with E-state index in [1.54, 1.807) is 0 Å². The highest BCUT2D eigenvalue weighted by Crippen LogP contribution is 2.36. The van der Waals surface area contributed by atoms with Gasteiger partial charge in [-0.1, -0.05) is 20.8 Å². The van der Waals surface area contributed by atoms with Crippen molar-refractivity contribution in [2.24, 2.45) is 0 Å². The Kier molecular flexibility index (Phi) is 2.38. The van der Waals surface area contributed by atoms with Crippen molar-refractivity contribution in [3.63, 3.8) is 0 Å². The van der Waals surface area contributed by atoms with E-state index < -0.39 is 0 Å². The molecule has 0 unspecified atom stereocenters. The molecule has 2 rings (SSSR count). The van der Waals surface area contributed by atoms with Crippen LogP contribution in [-0.4, -0.2) is 9.78 Å². The van der Waals surface area contributed by atoms with Crippen LogP contribution in [0.2, 0.25) is 0 Å². The van der Waals surface area contributed by atoms with Gasteiger partial charge in [-0.05, 0) is 36.7 Å². The average Bonchev–Trinajstić information content (AvgIpc) is 2.95. The quantitative estimate of drug-likeness (QED) is 0.715. The molecule has 1 aliphatic rings. The summed E-state index contributed by atoms with van der Waals surface area (Å²) in [4.78, 5) is 0. The van der Waals surface area contributed by atoms with Gasteiger partial charge in [0, 0.05) is 6.20 Å². The van der Waals surface area contributed by atoms with Gasteiger partial charge < -0.3 is 0 Å². The van der Waals surface area contributed by atoms with E-state index in [-0.39, 0.29) is 0 Å². The second-order valence-corrected chi connectivity index (χ2v) is 4.71. The van der Waals surface area contributed by atoms with Gasteiger partial charge in [-0.15, -0.1) is 0 Å². The summed E-state index contributed by atoms with van der Waals surface area (Å²) in [6.07, 6.45) is 9.34. The fourth-order valence-electron chi connectivity index (χ4n) is 1.85. The lowest BCUT2D eigenvalue weighted by atomic mass is 9.79. The van der Waals surface area contributed by atoms with Crippen LogP contribution < -0.4 is 0 Å². The van der Waals surface area contributed by atoms with Crippen LogP contribution >= 0.6 is 0 Å². The van der Waals surface area contributed by atoms with E-state index in [1.165, 1.54) is 31.2 Å². The Balaban J connectivity index is 2.21. The summed E-state index contributed by atoms with van der Waals surface area (Å²) < 4.78 is 2.15. The third-order valence-electron chi connectivity index (χ3n) is 3.78. The maximum atomic E-state index is 4.46. The fraction of sp³-hybridized carbons (Fsp3) is 0.750. The van der Waals surface area contributed by atoms with Crippen LogP contribution in [-0.2, 0) is 5.41 Å². The largest absolute Gasteiger partial charge is 0.269 e. The molecule has 0 amide bonds. The van der Waals surface area contributed by atoms with Gasteiger partial charge in [0.2, 0.25) is 0 Å². The van der Waals surface area contributed by atoms with Gasteiger partial charge in [0.25, 0.3) is 0 Å². The Bertz CT molecular complexity index is 306. The minimum atomic E-state index is 0.327. The van der Waals surface area contributed by atoms with Crippen molar-refractivity contribution in [1.82, 2.24) is 9.78 Å². The minimum Gasteiger partial charge on any atom is -0.269 e. The number of hydrogen-bond acceptors (Lipinski definition) is 1. The number of nitrogens with zero attached hydrogens (tertiary/aromatic N) is 2. The zero-order chi connectivity index (χ0) is 10.2. The molecular weight excluding hydrogens is 172 g/mol. The maximum absolute atomic E-state index is 4.46. The van der Waals surface area contributed by atoms with Gasteiger partial charge in [0.1, 0.15) is 0 Å². The third kappa shape index (κ3) is 1.58. The second-order valence-electron chi connectivity index (χ2n) is 4.71. The molecule has 1 saturated carbocycles. The summed E-state index contributed by atoms with van der Waals surface area (Å²) in [5.41, 5.74) is 1.74. The summed E-state index contributed by atoms with van der Waals surface area (Å²) in [5, 5.41) is 4.46. The molecule has 1 fully saturated rings. The molecule has 1 heterocycles. The fourth-order valence-corrected chi connectivity index (χ4v) is 1.85. The number of hydrogen-bond donors (Lipinski definition) is 0. The van der Waals surface area contributed by atoms with Crippen molar-refractivity contribution >= 4 is 0 Å². The van der Waals surface area contributed by atoms with E-state index in [2.05, 4.69) is 42.9 Å². The standard InChI is InChI=1S/C12H20N2/c1-4-12(3,5-2)10-8-13-14(9-10)11-6-7-11/h8-9,11H,4-7H2,1-3H3. The molecule has 2 heteroatoms. The third-order valence-corrected chi connectivity index (χ3v) is 3.78. The van der Waals surface area contributed by atoms with Crippen LogP contribution in [0.1, 0.15) is 58.1 Å². The zero-order valence-corrected chi connectivity index (χ0v) is 9.45. The van der Waals surface area contributed by atoms with Crippen molar-refractivity contribution in [3.8, 4) is 0 Å². The molecule has 1 aromatic rings. The first-order valence-electron chi connectivity index (χ1n) is 5.74. The van der Waals surface area contributed by atoms with Crippen molar-refractivity contribution in [2.75, 3.05) is 0 Å². The minimum absolute atomic E-state index is 0.327. The Morgan fingerprint density at radius 2 is 2.07 bits per heavy atom. The van der Waals surface area contributed by atoms with Gasteiger partial charge in [-0.25, -0.2) is 0 Å². The Morgan fingerprint density at radius 3 is 2.57 bits per heavy atom. The van der Waals surface area contributed by atoms with Gasteiger partial charge in [-0.3, -0.25) is 4.68 Å². The van der Waals surface area contributed by atoms with Crippen molar-refractivity contribution < 1.29 is 0 Å². The highest BCUT2D eigenvalue weighted by molar-refractivity contribution is 5.18. The Labute approximate surface area is 86.3 Å². The van der Waals surface area contributed by atoms with Gasteiger partial charge >= 0.3 is 0 Å². The molecule has 0 aromatic carbocycles. The van der Waals surface area contributed by atoms with E-state index in [0.29, 0.717) is 11.5 Å². The molecule has 1 aromatic heterocycles. The molecule has 0 saturated heterocycles. The van der Waals surface area contributed by atoms with Crippen LogP contribution in [0.3, 0.4) is 0 Å². The number of aromatic nitrogens is 2. The summed E-state index contributed by atoms with van der Waals surface area (Å²) >= 11 is 0. The molecule has 2 nitrogen and oxygen atoms in total. The molecule has 0 spiro atoms. The lowest BCUT2D eigenvalue weighted by molar-refractivity contribution is 0.438. The molecule has 0 N–H and O–H groups in total. The van der Waals surface area contributed by atoms with E-state index >= 15 is 0 Å². The summed E-state index contributed by atoms with van der Waals surface area (Å²) in [6.45, 7) is 6.86. The molecular formula is C12H20N2. The van der Waals surface area contributed by atoms with Crippen LogP contribution in [0, 0.1) is 0 Å². The van der Waals surface area contributed by atoms with Gasteiger partial charge in [0.05, 0.1) is 12.2 Å². The number of rotatable bonds is 4. The van der Waals surface area contributed by atoms with E-state index in [0.717, 1.165) is 0 Å². The van der Waals surface area contributed by atoms with Gasteiger partial charge in [0.15, 0.2) is 0 Å². The average molecular weight is 192 g/mol. The summed E-state index contributed by atoms with van der Waals surface area (Å²) in [7, 11) is 0. The highest BCUT2D eigenvalue weighted by atomic mass is 15.3. The summed E-state index contributed by atoms with van der Waals surface area (Å²) in [6, 6.07) is 0.710. The van der Waals surface area contributed by atoms with E-state index in [1.807, 2.05) is 0 Å².